The SMILES string of the molecule is COc1ccc(C)cc1N[C@H](C)C(=O)Nc1ccc(NC(C)=O)cc1. The van der Waals surface area contributed by atoms with Gasteiger partial charge in [-0.05, 0) is 55.8 Å². The standard InChI is InChI=1S/C19H23N3O3/c1-12-5-10-18(25-4)17(11-12)20-13(2)19(24)22-16-8-6-15(7-9-16)21-14(3)23/h5-11,13,20H,1-4H3,(H,21,23)(H,22,24)/t13-/m1/s1. The van der Waals surface area contributed by atoms with Gasteiger partial charge in [0.2, 0.25) is 11.8 Å². The highest BCUT2D eigenvalue weighted by Gasteiger charge is 2.15. The van der Waals surface area contributed by atoms with Crippen molar-refractivity contribution in [2.24, 2.45) is 0 Å². The van der Waals surface area contributed by atoms with Crippen molar-refractivity contribution in [3.8, 4) is 5.75 Å². The van der Waals surface area contributed by atoms with Crippen LogP contribution in [0, 0.1) is 6.92 Å². The highest BCUT2D eigenvalue weighted by atomic mass is 16.5. The van der Waals surface area contributed by atoms with E-state index in [-0.39, 0.29) is 11.8 Å². The molecule has 0 fully saturated rings. The first-order valence-electron chi connectivity index (χ1n) is 7.98. The van der Waals surface area contributed by atoms with Crippen LogP contribution in [-0.2, 0) is 9.59 Å². The van der Waals surface area contributed by atoms with Crippen molar-refractivity contribution in [2.45, 2.75) is 26.8 Å². The molecular formula is C19H23N3O3. The maximum Gasteiger partial charge on any atom is 0.246 e. The number of ether oxygens (including phenoxy) is 1. The lowest BCUT2D eigenvalue weighted by molar-refractivity contribution is -0.116. The predicted molar refractivity (Wildman–Crippen MR) is 100 cm³/mol. The van der Waals surface area contributed by atoms with Crippen LogP contribution < -0.4 is 20.7 Å². The Hall–Kier alpha value is -3.02. The van der Waals surface area contributed by atoms with Crippen LogP contribution >= 0.6 is 0 Å². The minimum atomic E-state index is -0.453. The second kappa shape index (κ2) is 8.19. The Morgan fingerprint density at radius 1 is 1.00 bits per heavy atom. The number of methoxy groups -OCH3 is 1. The predicted octanol–water partition coefficient (Wildman–Crippen LogP) is 3.40. The summed E-state index contributed by atoms with van der Waals surface area (Å²) in [6.45, 7) is 5.21. The highest BCUT2D eigenvalue weighted by Crippen LogP contribution is 2.26. The molecule has 0 aromatic heterocycles. The van der Waals surface area contributed by atoms with Gasteiger partial charge < -0.3 is 20.7 Å². The van der Waals surface area contributed by atoms with Gasteiger partial charge in [-0.15, -0.1) is 0 Å². The quantitative estimate of drug-likeness (QED) is 0.752. The normalized spacial score (nSPS) is 11.4. The van der Waals surface area contributed by atoms with Crippen molar-refractivity contribution in [1.82, 2.24) is 0 Å². The minimum absolute atomic E-state index is 0.137. The van der Waals surface area contributed by atoms with E-state index >= 15 is 0 Å². The summed E-state index contributed by atoms with van der Waals surface area (Å²) in [5.41, 5.74) is 3.18. The molecule has 2 aromatic carbocycles. The Morgan fingerprint density at radius 3 is 2.16 bits per heavy atom. The fourth-order valence-electron chi connectivity index (χ4n) is 2.32. The summed E-state index contributed by atoms with van der Waals surface area (Å²) in [6.07, 6.45) is 0. The van der Waals surface area contributed by atoms with Crippen molar-refractivity contribution in [1.29, 1.82) is 0 Å². The molecule has 2 aromatic rings. The van der Waals surface area contributed by atoms with Crippen molar-refractivity contribution in [3.05, 3.63) is 48.0 Å². The zero-order chi connectivity index (χ0) is 18.4. The molecule has 0 saturated heterocycles. The van der Waals surface area contributed by atoms with Gasteiger partial charge in [-0.3, -0.25) is 9.59 Å². The number of amides is 2. The zero-order valence-corrected chi connectivity index (χ0v) is 14.8. The monoisotopic (exact) mass is 341 g/mol. The molecule has 132 valence electrons. The molecule has 0 aliphatic heterocycles. The van der Waals surface area contributed by atoms with Crippen LogP contribution in [0.3, 0.4) is 0 Å². The summed E-state index contributed by atoms with van der Waals surface area (Å²) in [6, 6.07) is 12.2. The van der Waals surface area contributed by atoms with Crippen LogP contribution in [0.4, 0.5) is 17.1 Å². The summed E-state index contributed by atoms with van der Waals surface area (Å²) < 4.78 is 5.32. The molecule has 25 heavy (non-hydrogen) atoms. The maximum absolute atomic E-state index is 12.4. The van der Waals surface area contributed by atoms with E-state index < -0.39 is 6.04 Å². The molecule has 0 aliphatic carbocycles. The van der Waals surface area contributed by atoms with Gasteiger partial charge in [0.05, 0.1) is 12.8 Å². The van der Waals surface area contributed by atoms with Crippen molar-refractivity contribution < 1.29 is 14.3 Å². The molecular weight excluding hydrogens is 318 g/mol. The van der Waals surface area contributed by atoms with Gasteiger partial charge in [-0.2, -0.15) is 0 Å². The highest BCUT2D eigenvalue weighted by molar-refractivity contribution is 5.97. The van der Waals surface area contributed by atoms with Gasteiger partial charge in [0.25, 0.3) is 0 Å². The Labute approximate surface area is 147 Å². The molecule has 6 nitrogen and oxygen atoms in total. The summed E-state index contributed by atoms with van der Waals surface area (Å²) in [5, 5.41) is 8.69. The molecule has 0 aliphatic rings. The summed E-state index contributed by atoms with van der Waals surface area (Å²) in [7, 11) is 1.59. The number of hydrogen-bond donors (Lipinski definition) is 3. The number of aryl methyl sites for hydroxylation is 1. The first-order chi connectivity index (χ1) is 11.9. The molecule has 0 unspecified atom stereocenters. The van der Waals surface area contributed by atoms with Gasteiger partial charge in [0.1, 0.15) is 11.8 Å². The van der Waals surface area contributed by atoms with E-state index in [1.165, 1.54) is 6.92 Å². The lowest BCUT2D eigenvalue weighted by Crippen LogP contribution is -2.32. The zero-order valence-electron chi connectivity index (χ0n) is 14.8. The van der Waals surface area contributed by atoms with E-state index in [0.29, 0.717) is 17.1 Å². The van der Waals surface area contributed by atoms with Gasteiger partial charge >= 0.3 is 0 Å². The topological polar surface area (TPSA) is 79.5 Å². The molecule has 0 heterocycles. The van der Waals surface area contributed by atoms with Crippen molar-refractivity contribution >= 4 is 28.9 Å². The van der Waals surface area contributed by atoms with E-state index in [4.69, 9.17) is 4.74 Å². The van der Waals surface area contributed by atoms with Crippen LogP contribution in [-0.4, -0.2) is 25.0 Å². The van der Waals surface area contributed by atoms with E-state index in [1.807, 2.05) is 25.1 Å². The number of carbonyl (C=O) groups excluding carboxylic acids is 2. The van der Waals surface area contributed by atoms with Crippen LogP contribution in [0.5, 0.6) is 5.75 Å². The van der Waals surface area contributed by atoms with Crippen LogP contribution in [0.1, 0.15) is 19.4 Å². The fourth-order valence-corrected chi connectivity index (χ4v) is 2.32. The van der Waals surface area contributed by atoms with Gasteiger partial charge in [-0.25, -0.2) is 0 Å². The van der Waals surface area contributed by atoms with E-state index in [2.05, 4.69) is 16.0 Å². The number of benzene rings is 2. The first kappa shape index (κ1) is 18.3. The van der Waals surface area contributed by atoms with Gasteiger partial charge in [-0.1, -0.05) is 6.07 Å². The van der Waals surface area contributed by atoms with Gasteiger partial charge in [0, 0.05) is 18.3 Å². The summed E-state index contributed by atoms with van der Waals surface area (Å²) in [5.74, 6) is 0.377. The number of carbonyl (C=O) groups is 2. The third kappa shape index (κ3) is 5.24. The molecule has 0 bridgehead atoms. The summed E-state index contributed by atoms with van der Waals surface area (Å²) in [4.78, 5) is 23.4. The Balaban J connectivity index is 2.00. The molecule has 2 amide bonds. The Kier molecular flexibility index (Phi) is 6.00. The van der Waals surface area contributed by atoms with Crippen LogP contribution in [0.25, 0.3) is 0 Å². The Morgan fingerprint density at radius 2 is 1.60 bits per heavy atom. The molecule has 3 N–H and O–H groups in total. The molecule has 0 saturated carbocycles. The largest absolute Gasteiger partial charge is 0.495 e. The third-order valence-corrected chi connectivity index (χ3v) is 3.59. The van der Waals surface area contributed by atoms with Gasteiger partial charge in [0.15, 0.2) is 0 Å². The maximum atomic E-state index is 12.4. The molecule has 0 spiro atoms. The number of anilines is 3. The van der Waals surface area contributed by atoms with E-state index in [0.717, 1.165) is 11.3 Å². The molecule has 1 atom stereocenters. The Bertz CT molecular complexity index is 757. The molecule has 0 radical (unpaired) electrons. The van der Waals surface area contributed by atoms with Crippen molar-refractivity contribution in [3.63, 3.8) is 0 Å². The molecule has 6 heteroatoms. The third-order valence-electron chi connectivity index (χ3n) is 3.59. The number of hydrogen-bond acceptors (Lipinski definition) is 4. The lowest BCUT2D eigenvalue weighted by atomic mass is 10.2. The van der Waals surface area contributed by atoms with E-state index in [1.54, 1.807) is 38.3 Å². The molecule has 2 rings (SSSR count). The second-order valence-corrected chi connectivity index (χ2v) is 5.82. The van der Waals surface area contributed by atoms with E-state index in [9.17, 15) is 9.59 Å². The second-order valence-electron chi connectivity index (χ2n) is 5.82. The number of rotatable bonds is 6. The summed E-state index contributed by atoms with van der Waals surface area (Å²) >= 11 is 0. The minimum Gasteiger partial charge on any atom is -0.495 e. The van der Waals surface area contributed by atoms with Crippen molar-refractivity contribution in [2.75, 3.05) is 23.1 Å². The average molecular weight is 341 g/mol. The smallest absolute Gasteiger partial charge is 0.246 e. The van der Waals surface area contributed by atoms with Crippen LogP contribution in [0.15, 0.2) is 42.5 Å². The first-order valence-corrected chi connectivity index (χ1v) is 7.98. The lowest BCUT2D eigenvalue weighted by Gasteiger charge is -2.18. The number of nitrogens with one attached hydrogen (secondary N) is 3. The fraction of sp³-hybridized carbons (Fsp3) is 0.263. The average Bonchev–Trinajstić information content (AvgIpc) is 2.56. The van der Waals surface area contributed by atoms with Crippen LogP contribution in [0.2, 0.25) is 0 Å².